The van der Waals surface area contributed by atoms with Crippen molar-refractivity contribution in [2.45, 2.75) is 20.3 Å². The predicted octanol–water partition coefficient (Wildman–Crippen LogP) is 4.39. The molecule has 3 aromatic rings. The molecule has 0 saturated heterocycles. The Kier molecular flexibility index (Phi) is 5.28. The third-order valence-electron chi connectivity index (χ3n) is 4.37. The van der Waals surface area contributed by atoms with Gasteiger partial charge in [-0.3, -0.25) is 14.3 Å². The number of para-hydroxylation sites is 1. The van der Waals surface area contributed by atoms with Gasteiger partial charge in [-0.05, 0) is 23.8 Å². The van der Waals surface area contributed by atoms with Crippen molar-refractivity contribution < 1.29 is 14.0 Å². The van der Waals surface area contributed by atoms with Gasteiger partial charge in [-0.2, -0.15) is 5.10 Å². The molecule has 0 aliphatic heterocycles. The van der Waals surface area contributed by atoms with Crippen molar-refractivity contribution in [3.8, 4) is 0 Å². The van der Waals surface area contributed by atoms with Crippen molar-refractivity contribution in [2.75, 3.05) is 5.32 Å². The number of anilines is 1. The highest BCUT2D eigenvalue weighted by Crippen LogP contribution is 2.27. The van der Waals surface area contributed by atoms with Gasteiger partial charge in [-0.25, -0.2) is 4.39 Å². The number of halogens is 2. The number of hydrogen-bond donors (Lipinski definition) is 1. The van der Waals surface area contributed by atoms with Crippen LogP contribution in [-0.2, 0) is 18.3 Å². The van der Waals surface area contributed by atoms with E-state index in [0.717, 1.165) is 11.6 Å². The van der Waals surface area contributed by atoms with Crippen LogP contribution in [0.4, 0.5) is 10.1 Å². The molecule has 2 aromatic carbocycles. The van der Waals surface area contributed by atoms with Crippen LogP contribution in [0.3, 0.4) is 0 Å². The summed E-state index contributed by atoms with van der Waals surface area (Å²) in [4.78, 5) is 24.5. The molecule has 1 amide bonds. The summed E-state index contributed by atoms with van der Waals surface area (Å²) >= 11 is 6.20. The largest absolute Gasteiger partial charge is 0.319 e. The number of fused-ring (bicyclic) bond motifs is 1. The maximum absolute atomic E-state index is 14.4. The molecule has 5 nitrogen and oxygen atoms in total. The van der Waals surface area contributed by atoms with Crippen LogP contribution in [0.25, 0.3) is 10.9 Å². The van der Waals surface area contributed by atoms with E-state index in [9.17, 15) is 14.0 Å². The number of ketones is 1. The first kappa shape index (κ1) is 19.0. The minimum atomic E-state index is -0.588. The molecule has 0 unspecified atom stereocenters. The lowest BCUT2D eigenvalue weighted by Gasteiger charge is -2.10. The zero-order valence-electron chi connectivity index (χ0n) is 15.2. The number of hydrogen-bond acceptors (Lipinski definition) is 3. The Morgan fingerprint density at radius 3 is 2.67 bits per heavy atom. The van der Waals surface area contributed by atoms with E-state index in [1.807, 2.05) is 18.2 Å². The van der Waals surface area contributed by atoms with Gasteiger partial charge in [0.2, 0.25) is 0 Å². The molecule has 1 N–H and O–H groups in total. The topological polar surface area (TPSA) is 64.0 Å². The van der Waals surface area contributed by atoms with Gasteiger partial charge in [0.05, 0.1) is 16.2 Å². The monoisotopic (exact) mass is 387 g/mol. The highest BCUT2D eigenvalue weighted by Gasteiger charge is 2.19. The third kappa shape index (κ3) is 3.85. The maximum atomic E-state index is 14.4. The summed E-state index contributed by atoms with van der Waals surface area (Å²) in [6.07, 6.45) is -0.0394. The lowest BCUT2D eigenvalue weighted by molar-refractivity contribution is -0.121. The Hall–Kier alpha value is -2.73. The van der Waals surface area contributed by atoms with Gasteiger partial charge >= 0.3 is 0 Å². The predicted molar refractivity (Wildman–Crippen MR) is 104 cm³/mol. The van der Waals surface area contributed by atoms with E-state index in [1.54, 1.807) is 31.6 Å². The fourth-order valence-electron chi connectivity index (χ4n) is 2.77. The van der Waals surface area contributed by atoms with Crippen molar-refractivity contribution in [1.29, 1.82) is 0 Å². The molecular formula is C20H19ClFN3O2. The van der Waals surface area contributed by atoms with Crippen LogP contribution < -0.4 is 5.32 Å². The molecule has 0 fully saturated rings. The minimum Gasteiger partial charge on any atom is -0.319 e. The van der Waals surface area contributed by atoms with E-state index < -0.39 is 11.7 Å². The summed E-state index contributed by atoms with van der Waals surface area (Å²) in [5.41, 5.74) is 1.38. The molecule has 0 aliphatic carbocycles. The first-order valence-corrected chi connectivity index (χ1v) is 8.89. The second-order valence-corrected chi connectivity index (χ2v) is 7.07. The lowest BCUT2D eigenvalue weighted by Crippen LogP contribution is -2.15. The Balaban J connectivity index is 1.88. The lowest BCUT2D eigenvalue weighted by atomic mass is 10.0. The summed E-state index contributed by atoms with van der Waals surface area (Å²) in [5.74, 6) is -1.35. The fourth-order valence-corrected chi connectivity index (χ4v) is 3.01. The zero-order chi connectivity index (χ0) is 19.7. The highest BCUT2D eigenvalue weighted by molar-refractivity contribution is 6.34. The average Bonchev–Trinajstić information content (AvgIpc) is 2.96. The summed E-state index contributed by atoms with van der Waals surface area (Å²) in [5, 5.41) is 7.69. The molecule has 1 heterocycles. The Bertz CT molecular complexity index is 1040. The molecule has 3 rings (SSSR count). The number of Topliss-reactive ketones (excluding diaryl/α,β-unsaturated/α-hetero) is 1. The Morgan fingerprint density at radius 1 is 1.26 bits per heavy atom. The van der Waals surface area contributed by atoms with Gasteiger partial charge in [0, 0.05) is 24.8 Å². The number of rotatable bonds is 5. The second kappa shape index (κ2) is 7.48. The van der Waals surface area contributed by atoms with Crippen LogP contribution in [0.2, 0.25) is 5.02 Å². The van der Waals surface area contributed by atoms with Crippen LogP contribution >= 0.6 is 11.6 Å². The van der Waals surface area contributed by atoms with E-state index in [0.29, 0.717) is 5.39 Å². The van der Waals surface area contributed by atoms with Gasteiger partial charge < -0.3 is 5.32 Å². The molecule has 0 spiro atoms. The van der Waals surface area contributed by atoms with E-state index in [4.69, 9.17) is 11.6 Å². The van der Waals surface area contributed by atoms with Gasteiger partial charge in [0.1, 0.15) is 11.6 Å². The van der Waals surface area contributed by atoms with Gasteiger partial charge in [0.15, 0.2) is 5.69 Å². The Morgan fingerprint density at radius 2 is 1.96 bits per heavy atom. The van der Waals surface area contributed by atoms with Crippen LogP contribution in [0.15, 0.2) is 36.4 Å². The number of aryl methyl sites for hydroxylation is 1. The van der Waals surface area contributed by atoms with Crippen molar-refractivity contribution in [2.24, 2.45) is 13.0 Å². The van der Waals surface area contributed by atoms with Crippen molar-refractivity contribution >= 4 is 39.9 Å². The fraction of sp³-hybridized carbons (Fsp3) is 0.250. The number of nitrogens with one attached hydrogen (secondary N) is 1. The van der Waals surface area contributed by atoms with Crippen molar-refractivity contribution in [3.63, 3.8) is 0 Å². The summed E-state index contributed by atoms with van der Waals surface area (Å²) in [6, 6.07) is 9.83. The van der Waals surface area contributed by atoms with Gasteiger partial charge in [-0.15, -0.1) is 0 Å². The first-order chi connectivity index (χ1) is 12.8. The second-order valence-electron chi connectivity index (χ2n) is 6.66. The molecule has 0 saturated carbocycles. The maximum Gasteiger partial charge on any atom is 0.276 e. The first-order valence-electron chi connectivity index (χ1n) is 8.51. The summed E-state index contributed by atoms with van der Waals surface area (Å²) < 4.78 is 16.0. The quantitative estimate of drug-likeness (QED) is 0.706. The average molecular weight is 388 g/mol. The number of amides is 1. The van der Waals surface area contributed by atoms with Crippen LogP contribution in [-0.4, -0.2) is 21.5 Å². The molecule has 0 aliphatic rings. The summed E-state index contributed by atoms with van der Waals surface area (Å²) in [6.45, 7) is 3.52. The minimum absolute atomic E-state index is 0.0394. The van der Waals surface area contributed by atoms with E-state index >= 15 is 0 Å². The molecule has 0 atom stereocenters. The van der Waals surface area contributed by atoms with Crippen molar-refractivity contribution in [1.82, 2.24) is 9.78 Å². The zero-order valence-corrected chi connectivity index (χ0v) is 16.0. The molecule has 140 valence electrons. The highest BCUT2D eigenvalue weighted by atomic mass is 35.5. The molecular weight excluding hydrogens is 369 g/mol. The normalized spacial score (nSPS) is 11.2. The Labute approximate surface area is 161 Å². The van der Waals surface area contributed by atoms with Crippen LogP contribution in [0, 0.1) is 11.7 Å². The number of benzene rings is 2. The van der Waals surface area contributed by atoms with E-state index in [2.05, 4.69) is 10.4 Å². The summed E-state index contributed by atoms with van der Waals surface area (Å²) in [7, 11) is 1.74. The van der Waals surface area contributed by atoms with Crippen LogP contribution in [0.5, 0.6) is 0 Å². The van der Waals surface area contributed by atoms with Crippen LogP contribution in [0.1, 0.15) is 29.9 Å². The standard InChI is InChI=1S/C20H19ClFN3O2/c1-11(2)18(26)9-12-8-14(21)16(10-15(12)22)23-20(27)19-13-6-4-5-7-17(13)25(3)24-19/h4-8,10-11H,9H2,1-3H3,(H,23,27). The van der Waals surface area contributed by atoms with Crippen molar-refractivity contribution in [3.05, 3.63) is 58.5 Å². The SMILES string of the molecule is CC(C)C(=O)Cc1cc(Cl)c(NC(=O)c2nn(C)c3ccccc23)cc1F. The molecule has 0 bridgehead atoms. The smallest absolute Gasteiger partial charge is 0.276 e. The molecule has 7 heteroatoms. The number of carbonyl (C=O) groups is 2. The molecule has 1 aromatic heterocycles. The third-order valence-corrected chi connectivity index (χ3v) is 4.68. The molecule has 27 heavy (non-hydrogen) atoms. The van der Waals surface area contributed by atoms with Gasteiger partial charge in [-0.1, -0.05) is 43.6 Å². The van der Waals surface area contributed by atoms with E-state index in [-0.39, 0.29) is 40.1 Å². The van der Waals surface area contributed by atoms with E-state index in [1.165, 1.54) is 6.07 Å². The number of carbonyl (C=O) groups excluding carboxylic acids is 2. The molecule has 0 radical (unpaired) electrons. The number of nitrogens with zero attached hydrogens (tertiary/aromatic N) is 2. The van der Waals surface area contributed by atoms with Gasteiger partial charge in [0.25, 0.3) is 5.91 Å². The number of aromatic nitrogens is 2.